The molecule has 0 bridgehead atoms. The minimum absolute atomic E-state index is 0.652. The van der Waals surface area contributed by atoms with Crippen molar-refractivity contribution in [3.05, 3.63) is 18.2 Å². The van der Waals surface area contributed by atoms with Crippen LogP contribution < -0.4 is 0 Å². The molecule has 0 aromatic carbocycles. The smallest absolute Gasteiger partial charge is 0.323 e. The average molecular weight is 223 g/mol. The molecule has 0 amide bonds. The molecule has 16 heavy (non-hydrogen) atoms. The van der Waals surface area contributed by atoms with Crippen LogP contribution in [0, 0.1) is 0 Å². The van der Waals surface area contributed by atoms with Gasteiger partial charge in [0, 0.05) is 19.8 Å². The molecule has 1 saturated heterocycles. The van der Waals surface area contributed by atoms with Crippen LogP contribution in [0.25, 0.3) is 0 Å². The lowest BCUT2D eigenvalue weighted by atomic mass is 9.99. The molecular weight excluding hydrogens is 206 g/mol. The first kappa shape index (κ1) is 11.1. The van der Waals surface area contributed by atoms with Gasteiger partial charge in [-0.1, -0.05) is 0 Å². The molecule has 1 N–H and O–H groups in total. The first-order valence-electron chi connectivity index (χ1n) is 5.47. The summed E-state index contributed by atoms with van der Waals surface area (Å²) in [7, 11) is 1.93. The summed E-state index contributed by atoms with van der Waals surface area (Å²) in [5.41, 5.74) is 0.332. The van der Waals surface area contributed by atoms with Gasteiger partial charge in [-0.3, -0.25) is 9.69 Å². The zero-order chi connectivity index (χ0) is 11.8. The standard InChI is InChI=1S/C11H17N3O2/c1-11(10(15)16)4-3-5-14(11)7-9-6-12-8-13(9)2/h6,8H,3-5,7H2,1-2H3,(H,15,16). The number of hydrogen-bond acceptors (Lipinski definition) is 3. The van der Waals surface area contributed by atoms with Crippen LogP contribution in [0.15, 0.2) is 12.5 Å². The Bertz CT molecular complexity index is 402. The fourth-order valence-electron chi connectivity index (χ4n) is 2.25. The van der Waals surface area contributed by atoms with Crippen LogP contribution in [-0.2, 0) is 18.4 Å². The van der Waals surface area contributed by atoms with Crippen molar-refractivity contribution < 1.29 is 9.90 Å². The molecule has 5 heteroatoms. The van der Waals surface area contributed by atoms with Gasteiger partial charge in [-0.25, -0.2) is 4.98 Å². The molecule has 1 aliphatic heterocycles. The van der Waals surface area contributed by atoms with Crippen molar-refractivity contribution in [1.82, 2.24) is 14.5 Å². The summed E-state index contributed by atoms with van der Waals surface area (Å²) in [5, 5.41) is 9.28. The summed E-state index contributed by atoms with van der Waals surface area (Å²) in [5.74, 6) is -0.729. The van der Waals surface area contributed by atoms with Crippen molar-refractivity contribution in [2.24, 2.45) is 7.05 Å². The average Bonchev–Trinajstić information content (AvgIpc) is 2.77. The summed E-state index contributed by atoms with van der Waals surface area (Å²) in [6, 6.07) is 0. The van der Waals surface area contributed by atoms with Crippen molar-refractivity contribution in [2.45, 2.75) is 31.8 Å². The molecular formula is C11H17N3O2. The number of aliphatic carboxylic acids is 1. The molecule has 88 valence electrons. The number of nitrogens with zero attached hydrogens (tertiary/aromatic N) is 3. The van der Waals surface area contributed by atoms with E-state index in [1.165, 1.54) is 0 Å². The van der Waals surface area contributed by atoms with Gasteiger partial charge < -0.3 is 9.67 Å². The molecule has 2 heterocycles. The van der Waals surface area contributed by atoms with Gasteiger partial charge in [0.15, 0.2) is 0 Å². The molecule has 5 nitrogen and oxygen atoms in total. The molecule has 0 saturated carbocycles. The number of carbonyl (C=O) groups is 1. The van der Waals surface area contributed by atoms with Crippen molar-refractivity contribution in [1.29, 1.82) is 0 Å². The van der Waals surface area contributed by atoms with Crippen LogP contribution in [0.4, 0.5) is 0 Å². The van der Waals surface area contributed by atoms with Gasteiger partial charge in [0.25, 0.3) is 0 Å². The Morgan fingerprint density at radius 1 is 1.69 bits per heavy atom. The van der Waals surface area contributed by atoms with Crippen LogP contribution in [0.2, 0.25) is 0 Å². The van der Waals surface area contributed by atoms with Crippen molar-refractivity contribution >= 4 is 5.97 Å². The minimum Gasteiger partial charge on any atom is -0.480 e. The third-order valence-corrected chi connectivity index (χ3v) is 3.52. The van der Waals surface area contributed by atoms with Crippen LogP contribution in [-0.4, -0.2) is 37.6 Å². The fraction of sp³-hybridized carbons (Fsp3) is 0.636. The Labute approximate surface area is 94.7 Å². The monoisotopic (exact) mass is 223 g/mol. The van der Waals surface area contributed by atoms with Gasteiger partial charge in [0.2, 0.25) is 0 Å². The van der Waals surface area contributed by atoms with E-state index in [4.69, 9.17) is 0 Å². The van der Waals surface area contributed by atoms with E-state index >= 15 is 0 Å². The molecule has 1 aliphatic rings. The van der Waals surface area contributed by atoms with E-state index in [0.29, 0.717) is 6.54 Å². The van der Waals surface area contributed by atoms with E-state index in [-0.39, 0.29) is 0 Å². The largest absolute Gasteiger partial charge is 0.480 e. The Morgan fingerprint density at radius 3 is 3.00 bits per heavy atom. The lowest BCUT2D eigenvalue weighted by Gasteiger charge is -2.30. The van der Waals surface area contributed by atoms with Gasteiger partial charge in [-0.05, 0) is 26.3 Å². The van der Waals surface area contributed by atoms with Crippen molar-refractivity contribution in [3.8, 4) is 0 Å². The summed E-state index contributed by atoms with van der Waals surface area (Å²) in [4.78, 5) is 17.3. The van der Waals surface area contributed by atoms with Crippen LogP contribution in [0.5, 0.6) is 0 Å². The van der Waals surface area contributed by atoms with Gasteiger partial charge in [-0.2, -0.15) is 0 Å². The zero-order valence-electron chi connectivity index (χ0n) is 9.68. The predicted octanol–water partition coefficient (Wildman–Crippen LogP) is 0.859. The third kappa shape index (κ3) is 1.71. The first-order chi connectivity index (χ1) is 7.54. The second kappa shape index (κ2) is 3.90. The Balaban J connectivity index is 2.16. The zero-order valence-corrected chi connectivity index (χ0v) is 9.68. The Kier molecular flexibility index (Phi) is 2.71. The summed E-state index contributed by atoms with van der Waals surface area (Å²) in [6.45, 7) is 3.30. The molecule has 1 unspecified atom stereocenters. The lowest BCUT2D eigenvalue weighted by Crippen LogP contribution is -2.47. The van der Waals surface area contributed by atoms with Gasteiger partial charge >= 0.3 is 5.97 Å². The highest BCUT2D eigenvalue weighted by Crippen LogP contribution is 2.30. The SMILES string of the molecule is Cn1cncc1CN1CCCC1(C)C(=O)O. The topological polar surface area (TPSA) is 58.4 Å². The summed E-state index contributed by atoms with van der Waals surface area (Å²) < 4.78 is 1.93. The van der Waals surface area contributed by atoms with Crippen LogP contribution in [0.1, 0.15) is 25.5 Å². The maximum absolute atomic E-state index is 11.3. The molecule has 1 atom stereocenters. The lowest BCUT2D eigenvalue weighted by molar-refractivity contribution is -0.149. The van der Waals surface area contributed by atoms with Gasteiger partial charge in [-0.15, -0.1) is 0 Å². The maximum atomic E-state index is 11.3. The minimum atomic E-state index is -0.729. The molecule has 0 spiro atoms. The number of aromatic nitrogens is 2. The number of carboxylic acids is 1. The summed E-state index contributed by atoms with van der Waals surface area (Å²) in [6.07, 6.45) is 5.20. The fourth-order valence-corrected chi connectivity index (χ4v) is 2.25. The number of aryl methyl sites for hydroxylation is 1. The van der Waals surface area contributed by atoms with E-state index < -0.39 is 11.5 Å². The number of carboxylic acid groups (broad SMARTS) is 1. The number of likely N-dealkylation sites (tertiary alicyclic amines) is 1. The highest BCUT2D eigenvalue weighted by Gasteiger charge is 2.43. The summed E-state index contributed by atoms with van der Waals surface area (Å²) >= 11 is 0. The molecule has 1 fully saturated rings. The van der Waals surface area contributed by atoms with E-state index in [1.807, 2.05) is 16.5 Å². The van der Waals surface area contributed by atoms with Crippen molar-refractivity contribution in [2.75, 3.05) is 6.54 Å². The van der Waals surface area contributed by atoms with E-state index in [1.54, 1.807) is 19.4 Å². The van der Waals surface area contributed by atoms with E-state index in [0.717, 1.165) is 25.1 Å². The Hall–Kier alpha value is -1.36. The van der Waals surface area contributed by atoms with Gasteiger partial charge in [0.05, 0.1) is 12.0 Å². The maximum Gasteiger partial charge on any atom is 0.323 e. The molecule has 0 aliphatic carbocycles. The first-order valence-corrected chi connectivity index (χ1v) is 5.47. The number of hydrogen-bond donors (Lipinski definition) is 1. The van der Waals surface area contributed by atoms with Crippen LogP contribution in [0.3, 0.4) is 0 Å². The van der Waals surface area contributed by atoms with Gasteiger partial charge in [0.1, 0.15) is 5.54 Å². The van der Waals surface area contributed by atoms with Crippen molar-refractivity contribution in [3.63, 3.8) is 0 Å². The number of rotatable bonds is 3. The third-order valence-electron chi connectivity index (χ3n) is 3.52. The van der Waals surface area contributed by atoms with E-state index in [2.05, 4.69) is 4.98 Å². The molecule has 1 aromatic heterocycles. The second-order valence-corrected chi connectivity index (χ2v) is 4.60. The highest BCUT2D eigenvalue weighted by atomic mass is 16.4. The quantitative estimate of drug-likeness (QED) is 0.825. The van der Waals surface area contributed by atoms with E-state index in [9.17, 15) is 9.90 Å². The molecule has 0 radical (unpaired) electrons. The number of imidazole rings is 1. The highest BCUT2D eigenvalue weighted by molar-refractivity contribution is 5.78. The second-order valence-electron chi connectivity index (χ2n) is 4.60. The molecule has 2 rings (SSSR count). The Morgan fingerprint density at radius 2 is 2.44 bits per heavy atom. The normalized spacial score (nSPS) is 26.1. The predicted molar refractivity (Wildman–Crippen MR) is 58.9 cm³/mol. The molecule has 1 aromatic rings. The van der Waals surface area contributed by atoms with Crippen LogP contribution >= 0.6 is 0 Å².